The highest BCUT2D eigenvalue weighted by Gasteiger charge is 2.22. The third kappa shape index (κ3) is 4.84. The maximum atomic E-state index is 13.0. The Morgan fingerprint density at radius 3 is 2.20 bits per heavy atom. The molecule has 3 aromatic rings. The number of carbonyl (C=O) groups excluding carboxylic acids is 1. The van der Waals surface area contributed by atoms with Crippen molar-refractivity contribution in [3.63, 3.8) is 0 Å². The van der Waals surface area contributed by atoms with E-state index in [1.807, 2.05) is 42.5 Å². The molecule has 0 bridgehead atoms. The Bertz CT molecular complexity index is 838. The molecule has 3 rings (SSSR count). The van der Waals surface area contributed by atoms with Crippen LogP contribution in [-0.2, 0) is 4.79 Å². The molecule has 0 heterocycles. The number of hydrogen-bond acceptors (Lipinski definition) is 2. The van der Waals surface area contributed by atoms with Gasteiger partial charge in [0.25, 0.3) is 0 Å². The Hall–Kier alpha value is -2.30. The lowest BCUT2D eigenvalue weighted by atomic mass is 10.1. The van der Waals surface area contributed by atoms with Gasteiger partial charge < -0.3 is 5.32 Å². The normalized spacial score (nSPS) is 11.8. The third-order valence-corrected chi connectivity index (χ3v) is 5.04. The van der Waals surface area contributed by atoms with Crippen LogP contribution < -0.4 is 5.32 Å². The highest BCUT2D eigenvalue weighted by Crippen LogP contribution is 2.36. The molecule has 5 heteroatoms. The molecule has 0 saturated heterocycles. The molecule has 0 spiro atoms. The second kappa shape index (κ2) is 8.19. The zero-order valence-electron chi connectivity index (χ0n) is 13.2. The SMILES string of the molecule is O=C(Nc1ccc(F)cc1)C(Sc1ccc(Cl)cc1)c1ccccc1. The summed E-state index contributed by atoms with van der Waals surface area (Å²) < 4.78 is 13.0. The fourth-order valence-electron chi connectivity index (χ4n) is 2.29. The molecule has 0 fully saturated rings. The molecule has 0 aliphatic rings. The smallest absolute Gasteiger partial charge is 0.242 e. The predicted octanol–water partition coefficient (Wildman–Crippen LogP) is 5.95. The van der Waals surface area contributed by atoms with Gasteiger partial charge in [0.15, 0.2) is 0 Å². The molecular weight excluding hydrogens is 357 g/mol. The van der Waals surface area contributed by atoms with Gasteiger partial charge in [0, 0.05) is 15.6 Å². The lowest BCUT2D eigenvalue weighted by Gasteiger charge is -2.17. The summed E-state index contributed by atoms with van der Waals surface area (Å²) in [4.78, 5) is 13.8. The number of thioether (sulfide) groups is 1. The van der Waals surface area contributed by atoms with Crippen molar-refractivity contribution in [2.45, 2.75) is 10.1 Å². The molecule has 0 aliphatic carbocycles. The molecule has 3 aromatic carbocycles. The fourth-order valence-corrected chi connectivity index (χ4v) is 3.44. The largest absolute Gasteiger partial charge is 0.325 e. The molecule has 0 saturated carbocycles. The quantitative estimate of drug-likeness (QED) is 0.561. The van der Waals surface area contributed by atoms with Crippen LogP contribution in [0.3, 0.4) is 0 Å². The molecule has 1 unspecified atom stereocenters. The van der Waals surface area contributed by atoms with Crippen molar-refractivity contribution in [2.75, 3.05) is 5.32 Å². The first kappa shape index (κ1) is 17.5. The zero-order chi connectivity index (χ0) is 17.6. The number of nitrogens with one attached hydrogen (secondary N) is 1. The van der Waals surface area contributed by atoms with Crippen LogP contribution in [0.4, 0.5) is 10.1 Å². The van der Waals surface area contributed by atoms with Gasteiger partial charge in [0.05, 0.1) is 0 Å². The van der Waals surface area contributed by atoms with Gasteiger partial charge in [-0.2, -0.15) is 0 Å². The molecule has 0 aliphatic heterocycles. The van der Waals surface area contributed by atoms with E-state index >= 15 is 0 Å². The van der Waals surface area contributed by atoms with Gasteiger partial charge in [0.2, 0.25) is 5.91 Å². The van der Waals surface area contributed by atoms with E-state index in [0.29, 0.717) is 10.7 Å². The molecule has 2 nitrogen and oxygen atoms in total. The van der Waals surface area contributed by atoms with Gasteiger partial charge >= 0.3 is 0 Å². The maximum absolute atomic E-state index is 13.0. The number of carbonyl (C=O) groups is 1. The van der Waals surface area contributed by atoms with Crippen molar-refractivity contribution in [1.82, 2.24) is 0 Å². The van der Waals surface area contributed by atoms with E-state index in [4.69, 9.17) is 11.6 Å². The molecular formula is C20H15ClFNOS. The fraction of sp³-hybridized carbons (Fsp3) is 0.0500. The topological polar surface area (TPSA) is 29.1 Å². The van der Waals surface area contributed by atoms with E-state index in [1.165, 1.54) is 23.9 Å². The van der Waals surface area contributed by atoms with Crippen LogP contribution in [0.1, 0.15) is 10.8 Å². The van der Waals surface area contributed by atoms with Crippen LogP contribution in [0, 0.1) is 5.82 Å². The Kier molecular flexibility index (Phi) is 5.74. The van der Waals surface area contributed by atoms with E-state index in [1.54, 1.807) is 24.3 Å². The lowest BCUT2D eigenvalue weighted by Crippen LogP contribution is -2.19. The van der Waals surface area contributed by atoms with E-state index in [2.05, 4.69) is 5.32 Å². The summed E-state index contributed by atoms with van der Waals surface area (Å²) in [5.41, 5.74) is 1.45. The monoisotopic (exact) mass is 371 g/mol. The summed E-state index contributed by atoms with van der Waals surface area (Å²) in [6.45, 7) is 0. The van der Waals surface area contributed by atoms with E-state index in [9.17, 15) is 9.18 Å². The molecule has 126 valence electrons. The van der Waals surface area contributed by atoms with Gasteiger partial charge in [-0.15, -0.1) is 11.8 Å². The second-order valence-electron chi connectivity index (χ2n) is 5.36. The summed E-state index contributed by atoms with van der Waals surface area (Å²) in [5.74, 6) is -0.508. The number of rotatable bonds is 5. The van der Waals surface area contributed by atoms with Crippen LogP contribution in [0.2, 0.25) is 5.02 Å². The Labute approximate surface area is 155 Å². The minimum Gasteiger partial charge on any atom is -0.325 e. The Morgan fingerprint density at radius 1 is 0.920 bits per heavy atom. The van der Waals surface area contributed by atoms with Gasteiger partial charge in [-0.25, -0.2) is 4.39 Å². The van der Waals surface area contributed by atoms with E-state index in [-0.39, 0.29) is 11.7 Å². The minimum atomic E-state index is -0.438. The van der Waals surface area contributed by atoms with E-state index < -0.39 is 5.25 Å². The molecule has 25 heavy (non-hydrogen) atoms. The van der Waals surface area contributed by atoms with Gasteiger partial charge in [-0.1, -0.05) is 41.9 Å². The molecule has 0 aromatic heterocycles. The molecule has 1 atom stereocenters. The van der Waals surface area contributed by atoms with E-state index in [0.717, 1.165) is 10.5 Å². The van der Waals surface area contributed by atoms with Crippen LogP contribution in [0.15, 0.2) is 83.8 Å². The predicted molar refractivity (Wildman–Crippen MR) is 102 cm³/mol. The molecule has 0 radical (unpaired) electrons. The third-order valence-electron chi connectivity index (χ3n) is 3.52. The number of halogens is 2. The van der Waals surface area contributed by atoms with Gasteiger partial charge in [-0.3, -0.25) is 4.79 Å². The van der Waals surface area contributed by atoms with Crippen LogP contribution >= 0.6 is 23.4 Å². The van der Waals surface area contributed by atoms with Crippen LogP contribution in [0.25, 0.3) is 0 Å². The highest BCUT2D eigenvalue weighted by molar-refractivity contribution is 8.00. The Morgan fingerprint density at radius 2 is 1.56 bits per heavy atom. The van der Waals surface area contributed by atoms with Crippen LogP contribution in [0.5, 0.6) is 0 Å². The number of anilines is 1. The first-order chi connectivity index (χ1) is 12.1. The summed E-state index contributed by atoms with van der Waals surface area (Å²) in [5, 5.41) is 3.06. The Balaban J connectivity index is 1.83. The minimum absolute atomic E-state index is 0.169. The van der Waals surface area contributed by atoms with Gasteiger partial charge in [0.1, 0.15) is 11.1 Å². The average molecular weight is 372 g/mol. The zero-order valence-corrected chi connectivity index (χ0v) is 14.7. The average Bonchev–Trinajstić information content (AvgIpc) is 2.64. The van der Waals surface area contributed by atoms with Crippen molar-refractivity contribution >= 4 is 35.0 Å². The van der Waals surface area contributed by atoms with Crippen molar-refractivity contribution in [2.24, 2.45) is 0 Å². The molecule has 1 N–H and O–H groups in total. The summed E-state index contributed by atoms with van der Waals surface area (Å²) in [7, 11) is 0. The van der Waals surface area contributed by atoms with Crippen molar-refractivity contribution < 1.29 is 9.18 Å². The van der Waals surface area contributed by atoms with Crippen LogP contribution in [-0.4, -0.2) is 5.91 Å². The first-order valence-corrected chi connectivity index (χ1v) is 8.91. The first-order valence-electron chi connectivity index (χ1n) is 7.65. The summed E-state index contributed by atoms with van der Waals surface area (Å²) in [6.07, 6.45) is 0. The van der Waals surface area contributed by atoms with Crippen molar-refractivity contribution in [1.29, 1.82) is 0 Å². The molecule has 1 amide bonds. The van der Waals surface area contributed by atoms with Crippen molar-refractivity contribution in [3.8, 4) is 0 Å². The number of hydrogen-bond donors (Lipinski definition) is 1. The summed E-state index contributed by atoms with van der Waals surface area (Å²) in [6, 6.07) is 22.6. The number of benzene rings is 3. The number of amides is 1. The summed E-state index contributed by atoms with van der Waals surface area (Å²) >= 11 is 7.36. The maximum Gasteiger partial charge on any atom is 0.242 e. The lowest BCUT2D eigenvalue weighted by molar-refractivity contribution is -0.115. The second-order valence-corrected chi connectivity index (χ2v) is 6.97. The standard InChI is InChI=1S/C20H15ClFNOS/c21-15-6-12-18(13-7-15)25-19(14-4-2-1-3-5-14)20(24)23-17-10-8-16(22)9-11-17/h1-13,19H,(H,23,24). The van der Waals surface area contributed by atoms with Crippen molar-refractivity contribution in [3.05, 3.63) is 95.3 Å². The highest BCUT2D eigenvalue weighted by atomic mass is 35.5. The van der Waals surface area contributed by atoms with Gasteiger partial charge in [-0.05, 0) is 54.1 Å².